The number of nitriles is 1. The van der Waals surface area contributed by atoms with Gasteiger partial charge < -0.3 is 9.72 Å². The van der Waals surface area contributed by atoms with E-state index >= 15 is 0 Å². The Morgan fingerprint density at radius 2 is 1.78 bits per heavy atom. The maximum absolute atomic E-state index is 14.2. The highest BCUT2D eigenvalue weighted by molar-refractivity contribution is 7.93. The van der Waals surface area contributed by atoms with Crippen LogP contribution < -0.4 is 4.31 Å². The van der Waals surface area contributed by atoms with Gasteiger partial charge in [-0.25, -0.2) is 13.4 Å². The van der Waals surface area contributed by atoms with Crippen molar-refractivity contribution in [3.8, 4) is 6.07 Å². The summed E-state index contributed by atoms with van der Waals surface area (Å²) in [6.45, 7) is 3.24. The molecule has 2 heterocycles. The number of carbonyl (C=O) groups is 1. The Hall–Kier alpha value is -4.75. The minimum atomic E-state index is -4.23. The third-order valence-electron chi connectivity index (χ3n) is 6.88. The summed E-state index contributed by atoms with van der Waals surface area (Å²) in [7, 11) is -4.23. The molecule has 0 fully saturated rings. The number of anilines is 1. The third kappa shape index (κ3) is 5.62. The molecule has 0 atom stereocenters. The lowest BCUT2D eigenvalue weighted by molar-refractivity contribution is -0.141. The summed E-state index contributed by atoms with van der Waals surface area (Å²) < 4.78 is 34.7. The zero-order chi connectivity index (χ0) is 29.0. The number of aryl methyl sites for hydroxylation is 3. The number of aromatic amines is 1. The molecule has 5 aromatic rings. The molecule has 9 nitrogen and oxygen atoms in total. The molecular weight excluding hydrogens is 538 g/mol. The van der Waals surface area contributed by atoms with E-state index in [1.165, 1.54) is 6.07 Å². The number of nitrogens with zero attached hydrogens (tertiary/aromatic N) is 4. The van der Waals surface area contributed by atoms with Gasteiger partial charge in [-0.1, -0.05) is 37.3 Å². The monoisotopic (exact) mass is 567 g/mol. The number of imidazole rings is 1. The average Bonchev–Trinajstić information content (AvgIpc) is 3.41. The fourth-order valence-corrected chi connectivity index (χ4v) is 6.52. The van der Waals surface area contributed by atoms with E-state index in [2.05, 4.69) is 16.0 Å². The first kappa shape index (κ1) is 27.8. The molecule has 41 heavy (non-hydrogen) atoms. The van der Waals surface area contributed by atoms with Gasteiger partial charge in [0.25, 0.3) is 10.0 Å². The molecule has 5 rings (SSSR count). The smallest absolute Gasteiger partial charge is 0.326 e. The number of rotatable bonds is 10. The van der Waals surface area contributed by atoms with Crippen LogP contribution in [0.1, 0.15) is 36.4 Å². The number of hydrogen-bond acceptors (Lipinski definition) is 7. The van der Waals surface area contributed by atoms with Crippen molar-refractivity contribution in [2.45, 2.75) is 38.0 Å². The number of fused-ring (bicyclic) bond motifs is 2. The van der Waals surface area contributed by atoms with Gasteiger partial charge in [-0.15, -0.1) is 0 Å². The van der Waals surface area contributed by atoms with Gasteiger partial charge in [-0.05, 0) is 61.7 Å². The van der Waals surface area contributed by atoms with Crippen LogP contribution in [0, 0.1) is 11.3 Å². The number of nitrogens with one attached hydrogen (secondary N) is 1. The maximum atomic E-state index is 14.2. The molecule has 0 spiro atoms. The second kappa shape index (κ2) is 11.8. The molecule has 0 aliphatic carbocycles. The van der Waals surface area contributed by atoms with E-state index in [-0.39, 0.29) is 11.5 Å². The molecule has 3 aromatic carbocycles. The number of para-hydroxylation sites is 1. The highest BCUT2D eigenvalue weighted by Crippen LogP contribution is 2.34. The predicted octanol–water partition coefficient (Wildman–Crippen LogP) is 5.09. The fraction of sp³-hybridized carbons (Fsp3) is 0.226. The molecule has 0 unspecified atom stereocenters. The Kier molecular flexibility index (Phi) is 7.99. The van der Waals surface area contributed by atoms with Gasteiger partial charge in [0.05, 0.1) is 40.5 Å². The summed E-state index contributed by atoms with van der Waals surface area (Å²) in [4.78, 5) is 25.2. The molecule has 10 heteroatoms. The predicted molar refractivity (Wildman–Crippen MR) is 157 cm³/mol. The van der Waals surface area contributed by atoms with Crippen molar-refractivity contribution < 1.29 is 17.9 Å². The average molecular weight is 568 g/mol. The van der Waals surface area contributed by atoms with Gasteiger partial charge in [0.1, 0.15) is 17.3 Å². The molecule has 0 bridgehead atoms. The van der Waals surface area contributed by atoms with Crippen LogP contribution in [0.2, 0.25) is 0 Å². The molecule has 0 radical (unpaired) electrons. The summed E-state index contributed by atoms with van der Waals surface area (Å²) in [6.07, 6.45) is 3.38. The van der Waals surface area contributed by atoms with E-state index in [1.54, 1.807) is 61.7 Å². The highest BCUT2D eigenvalue weighted by atomic mass is 32.2. The van der Waals surface area contributed by atoms with E-state index in [0.29, 0.717) is 46.1 Å². The van der Waals surface area contributed by atoms with Crippen molar-refractivity contribution in [3.63, 3.8) is 0 Å². The van der Waals surface area contributed by atoms with Crippen molar-refractivity contribution in [3.05, 3.63) is 95.4 Å². The number of ether oxygens (including phenoxy) is 1. The fourth-order valence-electron chi connectivity index (χ4n) is 4.91. The zero-order valence-electron chi connectivity index (χ0n) is 22.8. The van der Waals surface area contributed by atoms with Gasteiger partial charge in [0, 0.05) is 23.6 Å². The summed E-state index contributed by atoms with van der Waals surface area (Å²) >= 11 is 0. The van der Waals surface area contributed by atoms with Crippen molar-refractivity contribution in [1.29, 1.82) is 5.26 Å². The molecule has 0 saturated heterocycles. The van der Waals surface area contributed by atoms with Gasteiger partial charge >= 0.3 is 5.97 Å². The maximum Gasteiger partial charge on any atom is 0.326 e. The molecule has 1 N–H and O–H groups in total. The molecule has 0 amide bonds. The Balaban J connectivity index is 1.56. The topological polar surface area (TPSA) is 129 Å². The van der Waals surface area contributed by atoms with Gasteiger partial charge in [-0.2, -0.15) is 5.26 Å². The first-order valence-electron chi connectivity index (χ1n) is 13.4. The highest BCUT2D eigenvalue weighted by Gasteiger charge is 2.32. The van der Waals surface area contributed by atoms with E-state index < -0.39 is 22.5 Å². The van der Waals surface area contributed by atoms with Gasteiger partial charge in [0.2, 0.25) is 0 Å². The molecule has 208 valence electrons. The van der Waals surface area contributed by atoms with Crippen molar-refractivity contribution in [1.82, 2.24) is 15.0 Å². The quantitative estimate of drug-likeness (QED) is 0.233. The van der Waals surface area contributed by atoms with Crippen LogP contribution in [0.25, 0.3) is 21.9 Å². The van der Waals surface area contributed by atoms with Crippen LogP contribution in [0.4, 0.5) is 5.69 Å². The Bertz CT molecular complexity index is 1870. The molecular formula is C31H29N5O4S. The second-order valence-corrected chi connectivity index (χ2v) is 11.3. The van der Waals surface area contributed by atoms with Gasteiger partial charge in [-0.3, -0.25) is 14.1 Å². The largest absolute Gasteiger partial charge is 0.465 e. The number of carbonyl (C=O) groups excluding carboxylic acids is 1. The molecule has 0 aliphatic rings. The van der Waals surface area contributed by atoms with Crippen LogP contribution in [0.3, 0.4) is 0 Å². The number of aromatic nitrogens is 3. The number of benzene rings is 3. The molecule has 0 aliphatic heterocycles. The Morgan fingerprint density at radius 3 is 2.51 bits per heavy atom. The van der Waals surface area contributed by atoms with Crippen LogP contribution in [-0.2, 0) is 38.8 Å². The lowest BCUT2D eigenvalue weighted by Crippen LogP contribution is -2.37. The van der Waals surface area contributed by atoms with Gasteiger partial charge in [0.15, 0.2) is 0 Å². The van der Waals surface area contributed by atoms with Crippen molar-refractivity contribution >= 4 is 43.6 Å². The minimum absolute atomic E-state index is 0.00665. The van der Waals surface area contributed by atoms with Crippen molar-refractivity contribution in [2.24, 2.45) is 0 Å². The lowest BCUT2D eigenvalue weighted by atomic mass is 10.1. The van der Waals surface area contributed by atoms with E-state index in [9.17, 15) is 13.2 Å². The van der Waals surface area contributed by atoms with Crippen LogP contribution in [0.15, 0.2) is 77.8 Å². The zero-order valence-corrected chi connectivity index (χ0v) is 23.6. The van der Waals surface area contributed by atoms with E-state index in [1.807, 2.05) is 19.1 Å². The standard InChI is InChI=1S/C31H29N5O4S/c1-3-24-26(16-15-25-31(24)35-28(34-25)17-14-21-10-12-22(19-32)13-11-21)36(20-29(37)40-4-2)41(38,39)27-9-5-7-23-8-6-18-33-30(23)27/h5-13,15-16,18H,3-4,14,17,20H2,1-2H3,(H,34,35). The summed E-state index contributed by atoms with van der Waals surface area (Å²) in [5, 5.41) is 9.71. The Morgan fingerprint density at radius 1 is 1.00 bits per heavy atom. The number of esters is 1. The SMILES string of the molecule is CCOC(=O)CN(c1ccc2[nH]c(CCc3ccc(C#N)cc3)nc2c1CC)S(=O)(=O)c1cccc2cccnc12. The van der Waals surface area contributed by atoms with E-state index in [4.69, 9.17) is 15.0 Å². The Labute approximate surface area is 238 Å². The van der Waals surface area contributed by atoms with Crippen LogP contribution in [0.5, 0.6) is 0 Å². The molecule has 0 saturated carbocycles. The normalized spacial score (nSPS) is 11.4. The summed E-state index contributed by atoms with van der Waals surface area (Å²) in [5.41, 5.74) is 4.51. The first-order chi connectivity index (χ1) is 19.8. The lowest BCUT2D eigenvalue weighted by Gasteiger charge is -2.26. The first-order valence-corrected chi connectivity index (χ1v) is 14.8. The third-order valence-corrected chi connectivity index (χ3v) is 8.67. The van der Waals surface area contributed by atoms with Crippen LogP contribution >= 0.6 is 0 Å². The number of H-pyrrole nitrogens is 1. The minimum Gasteiger partial charge on any atom is -0.465 e. The van der Waals surface area contributed by atoms with E-state index in [0.717, 1.165) is 27.6 Å². The number of sulfonamides is 1. The number of hydrogen-bond donors (Lipinski definition) is 1. The van der Waals surface area contributed by atoms with Crippen LogP contribution in [-0.4, -0.2) is 42.5 Å². The summed E-state index contributed by atoms with van der Waals surface area (Å²) in [6, 6.07) is 21.6. The number of pyridine rings is 1. The van der Waals surface area contributed by atoms with Crippen molar-refractivity contribution in [2.75, 3.05) is 17.5 Å². The second-order valence-electron chi connectivity index (χ2n) is 9.45. The summed E-state index contributed by atoms with van der Waals surface area (Å²) in [5.74, 6) is 0.103. The molecule has 2 aromatic heterocycles.